The highest BCUT2D eigenvalue weighted by molar-refractivity contribution is 14.0. The van der Waals surface area contributed by atoms with Crippen LogP contribution in [-0.4, -0.2) is 74.5 Å². The number of carbonyl (C=O) groups excluding carboxylic acids is 1. The molecule has 0 bridgehead atoms. The molecule has 7 heteroatoms. The highest BCUT2D eigenvalue weighted by Gasteiger charge is 2.22. The Hall–Kier alpha value is -1.35. The summed E-state index contributed by atoms with van der Waals surface area (Å²) in [5.74, 6) is 0.731. The van der Waals surface area contributed by atoms with Crippen LogP contribution in [0.1, 0.15) is 36.5 Å². The zero-order valence-corrected chi connectivity index (χ0v) is 21.0. The van der Waals surface area contributed by atoms with E-state index in [4.69, 9.17) is 0 Å². The van der Waals surface area contributed by atoms with Crippen molar-refractivity contribution in [3.05, 3.63) is 34.9 Å². The van der Waals surface area contributed by atoms with Crippen molar-refractivity contribution in [3.63, 3.8) is 0 Å². The number of nitrogens with one attached hydrogen (secondary N) is 2. The molecule has 1 aliphatic heterocycles. The second kappa shape index (κ2) is 13.1. The first kappa shape index (κ1) is 25.7. The summed E-state index contributed by atoms with van der Waals surface area (Å²) < 4.78 is 0. The molecule has 1 heterocycles. The van der Waals surface area contributed by atoms with E-state index in [9.17, 15) is 4.79 Å². The van der Waals surface area contributed by atoms with Crippen molar-refractivity contribution in [2.75, 3.05) is 46.8 Å². The van der Waals surface area contributed by atoms with Gasteiger partial charge in [-0.25, -0.2) is 4.99 Å². The van der Waals surface area contributed by atoms with E-state index < -0.39 is 0 Å². The maximum absolute atomic E-state index is 11.9. The lowest BCUT2D eigenvalue weighted by molar-refractivity contribution is -0.127. The summed E-state index contributed by atoms with van der Waals surface area (Å²) in [5.41, 5.74) is 3.90. The Labute approximate surface area is 193 Å². The van der Waals surface area contributed by atoms with Gasteiger partial charge in [-0.1, -0.05) is 36.2 Å². The largest absolute Gasteiger partial charge is 0.356 e. The summed E-state index contributed by atoms with van der Waals surface area (Å²) in [7, 11) is 3.52. The number of benzene rings is 1. The Morgan fingerprint density at radius 1 is 1.21 bits per heavy atom. The summed E-state index contributed by atoms with van der Waals surface area (Å²) >= 11 is 0. The maximum atomic E-state index is 11.9. The van der Waals surface area contributed by atoms with Gasteiger partial charge in [0.1, 0.15) is 6.54 Å². The van der Waals surface area contributed by atoms with Crippen LogP contribution >= 0.6 is 24.0 Å². The van der Waals surface area contributed by atoms with Crippen LogP contribution < -0.4 is 10.6 Å². The lowest BCUT2D eigenvalue weighted by atomic mass is 10.1. The summed E-state index contributed by atoms with van der Waals surface area (Å²) in [6.07, 6.45) is 3.40. The van der Waals surface area contributed by atoms with Crippen LogP contribution in [0.25, 0.3) is 0 Å². The predicted octanol–water partition coefficient (Wildman–Crippen LogP) is 2.57. The third-order valence-corrected chi connectivity index (χ3v) is 5.27. The third-order valence-electron chi connectivity index (χ3n) is 5.27. The lowest BCUT2D eigenvalue weighted by Gasteiger charge is -2.24. The number of aryl methyl sites for hydroxylation is 2. The zero-order chi connectivity index (χ0) is 20.5. The molecule has 1 atom stereocenters. The minimum Gasteiger partial charge on any atom is -0.356 e. The number of hydrogen-bond acceptors (Lipinski definition) is 3. The van der Waals surface area contributed by atoms with Gasteiger partial charge in [-0.05, 0) is 51.8 Å². The first-order valence-electron chi connectivity index (χ1n) is 10.4. The van der Waals surface area contributed by atoms with Crippen molar-refractivity contribution >= 4 is 35.8 Å². The fourth-order valence-electron chi connectivity index (χ4n) is 3.76. The minimum atomic E-state index is 0. The molecule has 29 heavy (non-hydrogen) atoms. The minimum absolute atomic E-state index is 0. The third kappa shape index (κ3) is 8.90. The Morgan fingerprint density at radius 2 is 1.90 bits per heavy atom. The summed E-state index contributed by atoms with van der Waals surface area (Å²) in [6.45, 7) is 10.5. The predicted molar refractivity (Wildman–Crippen MR) is 132 cm³/mol. The number of halogens is 1. The molecule has 1 fully saturated rings. The number of amides is 1. The molecule has 0 saturated carbocycles. The topological polar surface area (TPSA) is 60.0 Å². The van der Waals surface area contributed by atoms with Crippen LogP contribution in [0, 0.1) is 13.8 Å². The normalized spacial score (nSPS) is 17.0. The van der Waals surface area contributed by atoms with Gasteiger partial charge < -0.3 is 15.5 Å². The molecule has 1 aromatic rings. The van der Waals surface area contributed by atoms with Gasteiger partial charge in [-0.15, -0.1) is 24.0 Å². The molecule has 1 amide bonds. The van der Waals surface area contributed by atoms with Crippen LogP contribution in [0.5, 0.6) is 0 Å². The van der Waals surface area contributed by atoms with Crippen molar-refractivity contribution in [1.82, 2.24) is 20.4 Å². The van der Waals surface area contributed by atoms with E-state index in [-0.39, 0.29) is 36.4 Å². The Bertz CT molecular complexity index is 657. The average molecular weight is 515 g/mol. The molecule has 1 aromatic carbocycles. The second-order valence-electron chi connectivity index (χ2n) is 7.93. The second-order valence-corrected chi connectivity index (χ2v) is 7.93. The number of rotatable bonds is 8. The van der Waals surface area contributed by atoms with Crippen LogP contribution in [0.15, 0.2) is 23.2 Å². The van der Waals surface area contributed by atoms with Gasteiger partial charge in [0.05, 0.1) is 0 Å². The van der Waals surface area contributed by atoms with E-state index >= 15 is 0 Å². The van der Waals surface area contributed by atoms with E-state index in [2.05, 4.69) is 59.5 Å². The van der Waals surface area contributed by atoms with E-state index in [1.807, 2.05) is 0 Å². The summed E-state index contributed by atoms with van der Waals surface area (Å²) in [5, 5.41) is 6.86. The number of aliphatic imine (C=N–C) groups is 1. The highest BCUT2D eigenvalue weighted by Crippen LogP contribution is 2.15. The molecule has 2 rings (SSSR count). The van der Waals surface area contributed by atoms with Crippen molar-refractivity contribution in [3.8, 4) is 0 Å². The number of nitrogens with zero attached hydrogens (tertiary/aromatic N) is 3. The standard InChI is InChI=1S/C22H37N5O.HI/c1-6-27-11-7-8-20(27)15-24-22(25-16-21(28)26(4)5)23-10-9-19-13-17(2)12-18(3)14-19;/h12-14,20H,6-11,15-16H2,1-5H3,(H2,23,24,25);1H. The van der Waals surface area contributed by atoms with Crippen molar-refractivity contribution in [2.24, 2.45) is 4.99 Å². The van der Waals surface area contributed by atoms with Gasteiger partial charge in [0.2, 0.25) is 5.91 Å². The fraction of sp³-hybridized carbons (Fsp3) is 0.636. The van der Waals surface area contributed by atoms with Gasteiger partial charge in [0.25, 0.3) is 0 Å². The lowest BCUT2D eigenvalue weighted by Crippen LogP contribution is -2.45. The molecule has 0 aliphatic carbocycles. The van der Waals surface area contributed by atoms with Crippen LogP contribution in [0.4, 0.5) is 0 Å². The smallest absolute Gasteiger partial charge is 0.243 e. The molecular weight excluding hydrogens is 477 g/mol. The van der Waals surface area contributed by atoms with Gasteiger partial charge >= 0.3 is 0 Å². The van der Waals surface area contributed by atoms with Crippen molar-refractivity contribution in [2.45, 2.75) is 46.1 Å². The number of likely N-dealkylation sites (tertiary alicyclic amines) is 1. The van der Waals surface area contributed by atoms with E-state index in [0.717, 1.165) is 32.0 Å². The number of likely N-dealkylation sites (N-methyl/N-ethyl adjacent to an activating group) is 2. The molecular formula is C22H38IN5O. The van der Waals surface area contributed by atoms with Gasteiger partial charge in [0.15, 0.2) is 5.96 Å². The Balaban J connectivity index is 0.00000420. The van der Waals surface area contributed by atoms with Crippen LogP contribution in [0.2, 0.25) is 0 Å². The molecule has 1 aliphatic rings. The fourth-order valence-corrected chi connectivity index (χ4v) is 3.76. The van der Waals surface area contributed by atoms with Crippen LogP contribution in [-0.2, 0) is 11.2 Å². The van der Waals surface area contributed by atoms with E-state index in [1.165, 1.54) is 36.1 Å². The van der Waals surface area contributed by atoms with Gasteiger partial charge in [0, 0.05) is 33.2 Å². The molecule has 6 nitrogen and oxygen atoms in total. The summed E-state index contributed by atoms with van der Waals surface area (Å²) in [6, 6.07) is 7.19. The number of guanidine groups is 1. The Morgan fingerprint density at radius 3 is 2.52 bits per heavy atom. The summed E-state index contributed by atoms with van der Waals surface area (Å²) in [4.78, 5) is 20.5. The Kier molecular flexibility index (Phi) is 11.6. The first-order valence-corrected chi connectivity index (χ1v) is 10.4. The van der Waals surface area contributed by atoms with Crippen molar-refractivity contribution in [1.29, 1.82) is 0 Å². The average Bonchev–Trinajstić information content (AvgIpc) is 3.09. The molecule has 164 valence electrons. The zero-order valence-electron chi connectivity index (χ0n) is 18.6. The van der Waals surface area contributed by atoms with Crippen LogP contribution in [0.3, 0.4) is 0 Å². The molecule has 0 spiro atoms. The SMILES string of the molecule is CCN1CCCC1CNC(=NCC(=O)N(C)C)NCCc1cc(C)cc(C)c1.I. The van der Waals surface area contributed by atoms with Gasteiger partial charge in [-0.2, -0.15) is 0 Å². The number of carbonyl (C=O) groups is 1. The maximum Gasteiger partial charge on any atom is 0.243 e. The van der Waals surface area contributed by atoms with E-state index in [1.54, 1.807) is 19.0 Å². The van der Waals surface area contributed by atoms with Crippen molar-refractivity contribution < 1.29 is 4.79 Å². The first-order chi connectivity index (χ1) is 13.4. The molecule has 0 aromatic heterocycles. The number of hydrogen-bond donors (Lipinski definition) is 2. The van der Waals surface area contributed by atoms with E-state index in [0.29, 0.717) is 6.04 Å². The molecule has 1 unspecified atom stereocenters. The molecule has 0 radical (unpaired) electrons. The highest BCUT2D eigenvalue weighted by atomic mass is 127. The molecule has 1 saturated heterocycles. The van der Waals surface area contributed by atoms with Gasteiger partial charge in [-0.3, -0.25) is 9.69 Å². The monoisotopic (exact) mass is 515 g/mol. The quantitative estimate of drug-likeness (QED) is 0.318. The molecule has 2 N–H and O–H groups in total.